The molecule has 0 fully saturated rings. The van der Waals surface area contributed by atoms with Gasteiger partial charge in [-0.3, -0.25) is 4.90 Å². The zero-order chi connectivity index (χ0) is 13.0. The van der Waals surface area contributed by atoms with Crippen molar-refractivity contribution in [1.82, 2.24) is 4.90 Å². The highest BCUT2D eigenvalue weighted by Gasteiger charge is 2.10. The Bertz CT molecular complexity index is 467. The highest BCUT2D eigenvalue weighted by atomic mass is 16.4. The fraction of sp³-hybridized carbons (Fsp3) is 0.231. The SMILES string of the molecule is CN(Cc1ccc(B(O)O)cc1)Cc1ccco1. The van der Waals surface area contributed by atoms with Crippen molar-refractivity contribution in [3.8, 4) is 0 Å². The van der Waals surface area contributed by atoms with E-state index < -0.39 is 7.12 Å². The molecule has 18 heavy (non-hydrogen) atoms. The second-order valence-corrected chi connectivity index (χ2v) is 4.37. The van der Waals surface area contributed by atoms with Crippen LogP contribution in [-0.2, 0) is 13.1 Å². The van der Waals surface area contributed by atoms with Gasteiger partial charge in [-0.2, -0.15) is 0 Å². The van der Waals surface area contributed by atoms with Gasteiger partial charge in [0.25, 0.3) is 0 Å². The molecule has 0 aliphatic carbocycles. The van der Waals surface area contributed by atoms with Crippen molar-refractivity contribution >= 4 is 12.6 Å². The summed E-state index contributed by atoms with van der Waals surface area (Å²) in [5, 5.41) is 18.0. The summed E-state index contributed by atoms with van der Waals surface area (Å²) < 4.78 is 5.28. The first-order chi connectivity index (χ1) is 8.65. The maximum Gasteiger partial charge on any atom is 0.488 e. The molecule has 1 heterocycles. The first-order valence-electron chi connectivity index (χ1n) is 5.81. The summed E-state index contributed by atoms with van der Waals surface area (Å²) in [6.07, 6.45) is 1.67. The van der Waals surface area contributed by atoms with Crippen molar-refractivity contribution in [2.75, 3.05) is 7.05 Å². The molecule has 2 aromatic rings. The molecule has 1 aromatic heterocycles. The van der Waals surface area contributed by atoms with Gasteiger partial charge in [-0.15, -0.1) is 0 Å². The Kier molecular flexibility index (Phi) is 4.20. The highest BCUT2D eigenvalue weighted by Crippen LogP contribution is 2.07. The van der Waals surface area contributed by atoms with E-state index in [0.717, 1.165) is 24.4 Å². The predicted octanol–water partition coefficient (Wildman–Crippen LogP) is 0.591. The summed E-state index contributed by atoms with van der Waals surface area (Å²) in [4.78, 5) is 2.13. The normalized spacial score (nSPS) is 10.9. The molecule has 94 valence electrons. The van der Waals surface area contributed by atoms with Crippen LogP contribution in [0.5, 0.6) is 0 Å². The summed E-state index contributed by atoms with van der Waals surface area (Å²) in [7, 11) is 0.608. The van der Waals surface area contributed by atoms with Crippen molar-refractivity contribution in [2.45, 2.75) is 13.1 Å². The van der Waals surface area contributed by atoms with Crippen LogP contribution >= 0.6 is 0 Å². The molecule has 4 nitrogen and oxygen atoms in total. The molecule has 1 aromatic carbocycles. The van der Waals surface area contributed by atoms with Crippen molar-refractivity contribution < 1.29 is 14.5 Å². The summed E-state index contributed by atoms with van der Waals surface area (Å²) in [6.45, 7) is 1.53. The lowest BCUT2D eigenvalue weighted by Crippen LogP contribution is -2.29. The molecule has 0 saturated carbocycles. The van der Waals surface area contributed by atoms with Gasteiger partial charge in [0.05, 0.1) is 12.8 Å². The first-order valence-corrected chi connectivity index (χ1v) is 5.81. The second kappa shape index (κ2) is 5.86. The van der Waals surface area contributed by atoms with E-state index in [9.17, 15) is 0 Å². The first kappa shape index (κ1) is 12.9. The topological polar surface area (TPSA) is 56.8 Å². The Hall–Kier alpha value is -1.56. The number of hydrogen-bond donors (Lipinski definition) is 2. The Labute approximate surface area is 107 Å². The zero-order valence-corrected chi connectivity index (χ0v) is 10.3. The van der Waals surface area contributed by atoms with Crippen LogP contribution in [0.15, 0.2) is 47.1 Å². The Morgan fingerprint density at radius 2 is 1.83 bits per heavy atom. The molecule has 2 rings (SSSR count). The van der Waals surface area contributed by atoms with Crippen LogP contribution in [-0.4, -0.2) is 29.1 Å². The van der Waals surface area contributed by atoms with Crippen molar-refractivity contribution in [3.05, 3.63) is 54.0 Å². The van der Waals surface area contributed by atoms with Gasteiger partial charge in [0.15, 0.2) is 0 Å². The monoisotopic (exact) mass is 245 g/mol. The van der Waals surface area contributed by atoms with E-state index in [0.29, 0.717) is 5.46 Å². The van der Waals surface area contributed by atoms with E-state index in [2.05, 4.69) is 4.90 Å². The molecule has 0 aliphatic heterocycles. The highest BCUT2D eigenvalue weighted by molar-refractivity contribution is 6.58. The number of benzene rings is 1. The van der Waals surface area contributed by atoms with Crippen LogP contribution < -0.4 is 5.46 Å². The van der Waals surface area contributed by atoms with Crippen LogP contribution in [0.3, 0.4) is 0 Å². The van der Waals surface area contributed by atoms with E-state index in [4.69, 9.17) is 14.5 Å². The van der Waals surface area contributed by atoms with Gasteiger partial charge in [0.1, 0.15) is 5.76 Å². The second-order valence-electron chi connectivity index (χ2n) is 4.37. The average Bonchev–Trinajstić information content (AvgIpc) is 2.82. The van der Waals surface area contributed by atoms with Crippen molar-refractivity contribution in [2.24, 2.45) is 0 Å². The van der Waals surface area contributed by atoms with Gasteiger partial charge in [-0.05, 0) is 30.2 Å². The van der Waals surface area contributed by atoms with Gasteiger partial charge in [-0.25, -0.2) is 0 Å². The van der Waals surface area contributed by atoms with Gasteiger partial charge in [0.2, 0.25) is 0 Å². The van der Waals surface area contributed by atoms with Crippen LogP contribution in [0.25, 0.3) is 0 Å². The largest absolute Gasteiger partial charge is 0.488 e. The average molecular weight is 245 g/mol. The number of nitrogens with zero attached hydrogens (tertiary/aromatic N) is 1. The van der Waals surface area contributed by atoms with Crippen LogP contribution in [0.2, 0.25) is 0 Å². The minimum Gasteiger partial charge on any atom is -0.468 e. The third kappa shape index (κ3) is 3.47. The Balaban J connectivity index is 1.92. The molecule has 0 radical (unpaired) electrons. The van der Waals surface area contributed by atoms with E-state index >= 15 is 0 Å². The van der Waals surface area contributed by atoms with Gasteiger partial charge < -0.3 is 14.5 Å². The molecule has 0 spiro atoms. The van der Waals surface area contributed by atoms with E-state index in [1.54, 1.807) is 18.4 Å². The minimum absolute atomic E-state index is 0.507. The number of rotatable bonds is 5. The lowest BCUT2D eigenvalue weighted by atomic mass is 9.80. The number of hydrogen-bond acceptors (Lipinski definition) is 4. The van der Waals surface area contributed by atoms with E-state index in [1.165, 1.54) is 0 Å². The maximum absolute atomic E-state index is 9.00. The molecule has 0 amide bonds. The van der Waals surface area contributed by atoms with E-state index in [1.807, 2.05) is 31.3 Å². The van der Waals surface area contributed by atoms with Crippen LogP contribution in [0.4, 0.5) is 0 Å². The predicted molar refractivity (Wildman–Crippen MR) is 70.1 cm³/mol. The molecule has 0 bridgehead atoms. The molecular weight excluding hydrogens is 229 g/mol. The quantitative estimate of drug-likeness (QED) is 0.757. The standard InChI is InChI=1S/C13H16BNO3/c1-15(10-13-3-2-8-18-13)9-11-4-6-12(7-5-11)14(16)17/h2-8,16-17H,9-10H2,1H3. The van der Waals surface area contributed by atoms with Gasteiger partial charge >= 0.3 is 7.12 Å². The summed E-state index contributed by atoms with van der Waals surface area (Å²) >= 11 is 0. The molecule has 5 heteroatoms. The van der Waals surface area contributed by atoms with Crippen molar-refractivity contribution in [1.29, 1.82) is 0 Å². The Morgan fingerprint density at radius 1 is 1.11 bits per heavy atom. The van der Waals surface area contributed by atoms with Gasteiger partial charge in [0, 0.05) is 6.54 Å². The fourth-order valence-corrected chi connectivity index (χ4v) is 1.83. The summed E-state index contributed by atoms with van der Waals surface area (Å²) in [6, 6.07) is 11.1. The summed E-state index contributed by atoms with van der Waals surface area (Å²) in [5.74, 6) is 0.930. The number of furan rings is 1. The van der Waals surface area contributed by atoms with Crippen LogP contribution in [0, 0.1) is 0 Å². The minimum atomic E-state index is -1.40. The molecule has 0 aliphatic rings. The van der Waals surface area contributed by atoms with Crippen LogP contribution in [0.1, 0.15) is 11.3 Å². The molecule has 0 saturated heterocycles. The zero-order valence-electron chi connectivity index (χ0n) is 10.3. The molecule has 0 unspecified atom stereocenters. The lowest BCUT2D eigenvalue weighted by Gasteiger charge is -2.15. The fourth-order valence-electron chi connectivity index (χ4n) is 1.83. The van der Waals surface area contributed by atoms with Gasteiger partial charge in [-0.1, -0.05) is 24.3 Å². The smallest absolute Gasteiger partial charge is 0.468 e. The lowest BCUT2D eigenvalue weighted by molar-refractivity contribution is 0.288. The third-order valence-corrected chi connectivity index (χ3v) is 2.74. The van der Waals surface area contributed by atoms with E-state index in [-0.39, 0.29) is 0 Å². The maximum atomic E-state index is 9.00. The molecule has 0 atom stereocenters. The summed E-state index contributed by atoms with van der Waals surface area (Å²) in [5.41, 5.74) is 1.63. The third-order valence-electron chi connectivity index (χ3n) is 2.74. The molecule has 2 N–H and O–H groups in total. The Morgan fingerprint density at radius 3 is 2.39 bits per heavy atom. The van der Waals surface area contributed by atoms with Crippen molar-refractivity contribution in [3.63, 3.8) is 0 Å². The molecular formula is C13H16BNO3.